The summed E-state index contributed by atoms with van der Waals surface area (Å²) in [4.78, 5) is 26.2. The number of anilines is 1. The lowest BCUT2D eigenvalue weighted by molar-refractivity contribution is -0.125. The Balaban J connectivity index is 1.21. The van der Waals surface area contributed by atoms with Crippen LogP contribution in [-0.4, -0.2) is 76.2 Å². The molecule has 212 valence electrons. The van der Waals surface area contributed by atoms with E-state index in [0.29, 0.717) is 24.9 Å². The molecule has 0 radical (unpaired) electrons. The normalized spacial score (nSPS) is 19.1. The minimum atomic E-state index is 0.0426. The van der Waals surface area contributed by atoms with E-state index in [1.165, 1.54) is 6.33 Å². The molecule has 2 aliphatic heterocycles. The van der Waals surface area contributed by atoms with Gasteiger partial charge < -0.3 is 24.7 Å². The van der Waals surface area contributed by atoms with Crippen LogP contribution in [0.5, 0.6) is 11.5 Å². The van der Waals surface area contributed by atoms with Gasteiger partial charge in [-0.05, 0) is 56.6 Å². The number of nitrogen functional groups attached to an aromatic ring is 1. The Kier molecular flexibility index (Phi) is 7.71. The summed E-state index contributed by atoms with van der Waals surface area (Å²) >= 11 is 0. The molecule has 0 bridgehead atoms. The first-order chi connectivity index (χ1) is 20.0. The quantitative estimate of drug-likeness (QED) is 0.313. The van der Waals surface area contributed by atoms with Crippen LogP contribution in [0.25, 0.3) is 22.2 Å². The number of nitrogens with two attached hydrogens (primary N) is 1. The van der Waals surface area contributed by atoms with E-state index in [0.717, 1.165) is 72.0 Å². The zero-order chi connectivity index (χ0) is 28.3. The summed E-state index contributed by atoms with van der Waals surface area (Å²) in [7, 11) is 2.08. The lowest BCUT2D eigenvalue weighted by Gasteiger charge is -2.21. The van der Waals surface area contributed by atoms with Gasteiger partial charge in [0.2, 0.25) is 5.91 Å². The second kappa shape index (κ2) is 11.7. The van der Waals surface area contributed by atoms with Gasteiger partial charge in [0.15, 0.2) is 0 Å². The van der Waals surface area contributed by atoms with Gasteiger partial charge in [-0.25, -0.2) is 9.97 Å². The third-order valence-electron chi connectivity index (χ3n) is 8.20. The number of amides is 1. The fourth-order valence-electron chi connectivity index (χ4n) is 5.98. The molecule has 4 heterocycles. The Hall–Kier alpha value is -4.21. The summed E-state index contributed by atoms with van der Waals surface area (Å²) in [5.41, 5.74) is 10.3. The Morgan fingerprint density at radius 1 is 1.12 bits per heavy atom. The number of carbonyl (C=O) groups is 1. The van der Waals surface area contributed by atoms with Crippen molar-refractivity contribution in [3.63, 3.8) is 0 Å². The fraction of sp³-hybridized carbons (Fsp3) is 0.344. The molecule has 0 saturated carbocycles. The van der Waals surface area contributed by atoms with Gasteiger partial charge in [0.25, 0.3) is 0 Å². The number of hydrogen-bond donors (Lipinski definition) is 1. The summed E-state index contributed by atoms with van der Waals surface area (Å²) in [5.74, 6) is 2.03. The van der Waals surface area contributed by atoms with E-state index in [9.17, 15) is 4.79 Å². The number of carbonyl (C=O) groups excluding carboxylic acids is 1. The highest BCUT2D eigenvalue weighted by atomic mass is 16.5. The molecule has 1 amide bonds. The summed E-state index contributed by atoms with van der Waals surface area (Å²) in [6.45, 7) is 5.71. The molecule has 2 atom stereocenters. The summed E-state index contributed by atoms with van der Waals surface area (Å²) in [5, 5.41) is 0.838. The van der Waals surface area contributed by atoms with Crippen LogP contribution < -0.4 is 10.5 Å². The maximum absolute atomic E-state index is 13.0. The molecule has 9 nitrogen and oxygen atoms in total. The topological polar surface area (TPSA) is 98.7 Å². The standard InChI is InChI=1S/C32H36N6O3/c1-22-29(23-10-12-27(13-11-23)41-26-7-4-3-5-8-26)30-31(33)34-21-35-32(30)38(22)24-14-17-37(19-24)28(39)9-6-16-36(2)25-15-18-40-20-25/h3-13,21,24-25H,14-20H2,1-2H3,(H2,33,34,35)/b9-6+/t24-,25-/m1/s1. The van der Waals surface area contributed by atoms with Gasteiger partial charge in [-0.3, -0.25) is 9.69 Å². The van der Waals surface area contributed by atoms with Crippen LogP contribution in [0.2, 0.25) is 0 Å². The number of aromatic nitrogens is 3. The first kappa shape index (κ1) is 27.0. The number of benzene rings is 2. The smallest absolute Gasteiger partial charge is 0.246 e. The van der Waals surface area contributed by atoms with E-state index in [1.807, 2.05) is 65.6 Å². The highest BCUT2D eigenvalue weighted by Crippen LogP contribution is 2.40. The SMILES string of the molecule is Cc1c(-c2ccc(Oc3ccccc3)cc2)c2c(N)ncnc2n1[C@@H]1CCN(C(=O)/C=C/CN(C)[C@@H]2CCOC2)C1. The van der Waals surface area contributed by atoms with Crippen molar-refractivity contribution in [3.05, 3.63) is 78.8 Å². The van der Waals surface area contributed by atoms with Crippen molar-refractivity contribution in [3.8, 4) is 22.6 Å². The zero-order valence-electron chi connectivity index (χ0n) is 23.6. The largest absolute Gasteiger partial charge is 0.457 e. The van der Waals surface area contributed by atoms with Crippen LogP contribution in [0.4, 0.5) is 5.82 Å². The van der Waals surface area contributed by atoms with Crippen LogP contribution in [0.3, 0.4) is 0 Å². The lowest BCUT2D eigenvalue weighted by Crippen LogP contribution is -2.32. The number of rotatable bonds is 8. The number of likely N-dealkylation sites (N-methyl/N-ethyl adjacent to an activating group) is 1. The Bertz CT molecular complexity index is 1540. The van der Waals surface area contributed by atoms with Gasteiger partial charge in [0, 0.05) is 49.6 Å². The Labute approximate surface area is 240 Å². The molecule has 0 aliphatic carbocycles. The molecule has 6 rings (SSSR count). The molecule has 0 unspecified atom stereocenters. The Morgan fingerprint density at radius 2 is 1.90 bits per heavy atom. The fourth-order valence-corrected chi connectivity index (χ4v) is 5.98. The van der Waals surface area contributed by atoms with Crippen LogP contribution in [0, 0.1) is 6.92 Å². The maximum atomic E-state index is 13.0. The Morgan fingerprint density at radius 3 is 2.66 bits per heavy atom. The molecule has 2 N–H and O–H groups in total. The predicted molar refractivity (Wildman–Crippen MR) is 160 cm³/mol. The lowest BCUT2D eigenvalue weighted by atomic mass is 10.0. The van der Waals surface area contributed by atoms with E-state index in [4.69, 9.17) is 15.2 Å². The first-order valence-electron chi connectivity index (χ1n) is 14.2. The third kappa shape index (κ3) is 5.55. The summed E-state index contributed by atoms with van der Waals surface area (Å²) in [6, 6.07) is 18.2. The number of para-hydroxylation sites is 1. The first-order valence-corrected chi connectivity index (χ1v) is 14.2. The van der Waals surface area contributed by atoms with Crippen molar-refractivity contribution in [1.29, 1.82) is 0 Å². The van der Waals surface area contributed by atoms with Crippen LogP contribution in [0.1, 0.15) is 24.6 Å². The van der Waals surface area contributed by atoms with E-state index in [2.05, 4.69) is 33.4 Å². The van der Waals surface area contributed by atoms with Crippen LogP contribution in [-0.2, 0) is 9.53 Å². The molecule has 41 heavy (non-hydrogen) atoms. The molecule has 2 fully saturated rings. The van der Waals surface area contributed by atoms with Crippen molar-refractivity contribution < 1.29 is 14.3 Å². The van der Waals surface area contributed by atoms with Crippen LogP contribution >= 0.6 is 0 Å². The number of likely N-dealkylation sites (tertiary alicyclic amines) is 1. The van der Waals surface area contributed by atoms with Crippen molar-refractivity contribution in [2.45, 2.75) is 31.8 Å². The highest BCUT2D eigenvalue weighted by molar-refractivity contribution is 6.02. The number of ether oxygens (including phenoxy) is 2. The summed E-state index contributed by atoms with van der Waals surface area (Å²) in [6.07, 6.45) is 7.07. The molecule has 0 spiro atoms. The van der Waals surface area contributed by atoms with Gasteiger partial charge in [-0.2, -0.15) is 0 Å². The molecule has 2 saturated heterocycles. The molecular weight excluding hydrogens is 516 g/mol. The van der Waals surface area contributed by atoms with Crippen molar-refractivity contribution >= 4 is 22.8 Å². The molecule has 4 aromatic rings. The average molecular weight is 553 g/mol. The summed E-state index contributed by atoms with van der Waals surface area (Å²) < 4.78 is 13.7. The molecule has 2 aromatic carbocycles. The highest BCUT2D eigenvalue weighted by Gasteiger charge is 2.31. The minimum Gasteiger partial charge on any atom is -0.457 e. The van der Waals surface area contributed by atoms with E-state index in [-0.39, 0.29) is 11.9 Å². The molecule has 2 aromatic heterocycles. The predicted octanol–water partition coefficient (Wildman–Crippen LogP) is 4.83. The minimum absolute atomic E-state index is 0.0426. The van der Waals surface area contributed by atoms with Gasteiger partial charge in [-0.15, -0.1) is 0 Å². The van der Waals surface area contributed by atoms with Crippen molar-refractivity contribution in [1.82, 2.24) is 24.3 Å². The van der Waals surface area contributed by atoms with Crippen molar-refractivity contribution in [2.75, 3.05) is 45.6 Å². The molecule has 2 aliphatic rings. The van der Waals surface area contributed by atoms with Crippen LogP contribution in [0.15, 0.2) is 73.1 Å². The van der Waals surface area contributed by atoms with Gasteiger partial charge in [-0.1, -0.05) is 36.4 Å². The monoisotopic (exact) mass is 552 g/mol. The third-order valence-corrected chi connectivity index (χ3v) is 8.20. The maximum Gasteiger partial charge on any atom is 0.246 e. The number of nitrogens with zero attached hydrogens (tertiary/aromatic N) is 5. The van der Waals surface area contributed by atoms with Gasteiger partial charge >= 0.3 is 0 Å². The van der Waals surface area contributed by atoms with Gasteiger partial charge in [0.05, 0.1) is 18.0 Å². The van der Waals surface area contributed by atoms with Crippen molar-refractivity contribution in [2.24, 2.45) is 0 Å². The van der Waals surface area contributed by atoms with E-state index < -0.39 is 0 Å². The average Bonchev–Trinajstić information content (AvgIpc) is 3.74. The van der Waals surface area contributed by atoms with E-state index >= 15 is 0 Å². The number of hydrogen-bond acceptors (Lipinski definition) is 7. The molecule has 9 heteroatoms. The van der Waals surface area contributed by atoms with E-state index in [1.54, 1.807) is 6.08 Å². The zero-order valence-corrected chi connectivity index (χ0v) is 23.6. The second-order valence-corrected chi connectivity index (χ2v) is 10.8. The van der Waals surface area contributed by atoms with Gasteiger partial charge in [0.1, 0.15) is 29.3 Å². The number of fused-ring (bicyclic) bond motifs is 1. The molecular formula is C32H36N6O3. The second-order valence-electron chi connectivity index (χ2n) is 10.8.